The fraction of sp³-hybridized carbons (Fsp3) is 0.333. The SMILES string of the molecule is CCCN(CC(=O)Nc1cc(Cl)ccc1Cl)C(=O)Cc1ccc(OC)c(OC)c1. The second-order valence-corrected chi connectivity index (χ2v) is 7.20. The first kappa shape index (κ1) is 22.8. The highest BCUT2D eigenvalue weighted by Gasteiger charge is 2.18. The van der Waals surface area contributed by atoms with Gasteiger partial charge in [0.15, 0.2) is 11.5 Å². The summed E-state index contributed by atoms with van der Waals surface area (Å²) in [7, 11) is 3.09. The number of halogens is 2. The summed E-state index contributed by atoms with van der Waals surface area (Å²) in [6.07, 6.45) is 0.869. The molecule has 29 heavy (non-hydrogen) atoms. The fourth-order valence-electron chi connectivity index (χ4n) is 2.80. The number of anilines is 1. The zero-order chi connectivity index (χ0) is 21.4. The van der Waals surface area contributed by atoms with Gasteiger partial charge in [-0.05, 0) is 42.3 Å². The Balaban J connectivity index is 2.07. The van der Waals surface area contributed by atoms with Gasteiger partial charge in [-0.15, -0.1) is 0 Å². The molecule has 0 heterocycles. The van der Waals surface area contributed by atoms with E-state index < -0.39 is 0 Å². The molecule has 0 aromatic heterocycles. The fourth-order valence-corrected chi connectivity index (χ4v) is 3.13. The van der Waals surface area contributed by atoms with E-state index in [-0.39, 0.29) is 24.8 Å². The van der Waals surface area contributed by atoms with Crippen LogP contribution in [-0.4, -0.2) is 44.0 Å². The Hall–Kier alpha value is -2.44. The first-order valence-electron chi connectivity index (χ1n) is 9.11. The number of carbonyl (C=O) groups is 2. The highest BCUT2D eigenvalue weighted by atomic mass is 35.5. The van der Waals surface area contributed by atoms with Crippen LogP contribution in [0, 0.1) is 0 Å². The van der Waals surface area contributed by atoms with Crippen molar-refractivity contribution in [1.82, 2.24) is 4.90 Å². The molecule has 0 radical (unpaired) electrons. The van der Waals surface area contributed by atoms with Crippen LogP contribution in [-0.2, 0) is 16.0 Å². The van der Waals surface area contributed by atoms with Crippen molar-refractivity contribution in [3.05, 3.63) is 52.0 Å². The zero-order valence-corrected chi connectivity index (χ0v) is 18.1. The second kappa shape index (κ2) is 10.9. The molecule has 0 spiro atoms. The summed E-state index contributed by atoms with van der Waals surface area (Å²) < 4.78 is 10.5. The van der Waals surface area contributed by atoms with Crippen molar-refractivity contribution < 1.29 is 19.1 Å². The van der Waals surface area contributed by atoms with Crippen LogP contribution in [0.3, 0.4) is 0 Å². The van der Waals surface area contributed by atoms with Crippen molar-refractivity contribution in [2.45, 2.75) is 19.8 Å². The van der Waals surface area contributed by atoms with E-state index in [2.05, 4.69) is 5.32 Å². The quantitative estimate of drug-likeness (QED) is 0.628. The zero-order valence-electron chi connectivity index (χ0n) is 16.6. The second-order valence-electron chi connectivity index (χ2n) is 6.35. The number of rotatable bonds is 9. The lowest BCUT2D eigenvalue weighted by molar-refractivity contribution is -0.134. The van der Waals surface area contributed by atoms with E-state index in [0.29, 0.717) is 33.8 Å². The maximum Gasteiger partial charge on any atom is 0.244 e. The number of benzene rings is 2. The average molecular weight is 439 g/mol. The van der Waals surface area contributed by atoms with Crippen molar-refractivity contribution in [1.29, 1.82) is 0 Å². The number of nitrogens with one attached hydrogen (secondary N) is 1. The third kappa shape index (κ3) is 6.54. The van der Waals surface area contributed by atoms with E-state index in [0.717, 1.165) is 12.0 Å². The first-order valence-corrected chi connectivity index (χ1v) is 9.87. The molecule has 0 saturated heterocycles. The van der Waals surface area contributed by atoms with Gasteiger partial charge in [-0.3, -0.25) is 9.59 Å². The van der Waals surface area contributed by atoms with Gasteiger partial charge in [-0.25, -0.2) is 0 Å². The molecule has 2 rings (SSSR count). The molecule has 0 bridgehead atoms. The van der Waals surface area contributed by atoms with Crippen LogP contribution >= 0.6 is 23.2 Å². The third-order valence-electron chi connectivity index (χ3n) is 4.19. The Morgan fingerprint density at radius 3 is 2.41 bits per heavy atom. The van der Waals surface area contributed by atoms with Crippen LogP contribution in [0.25, 0.3) is 0 Å². The molecule has 0 aliphatic heterocycles. The maximum absolute atomic E-state index is 12.8. The lowest BCUT2D eigenvalue weighted by Gasteiger charge is -2.22. The van der Waals surface area contributed by atoms with Gasteiger partial charge in [-0.1, -0.05) is 36.2 Å². The molecule has 2 aromatic rings. The Morgan fingerprint density at radius 1 is 1.03 bits per heavy atom. The minimum Gasteiger partial charge on any atom is -0.493 e. The van der Waals surface area contributed by atoms with E-state index in [9.17, 15) is 9.59 Å². The van der Waals surface area contributed by atoms with Crippen molar-refractivity contribution in [3.63, 3.8) is 0 Å². The third-order valence-corrected chi connectivity index (χ3v) is 4.75. The average Bonchev–Trinajstić information content (AvgIpc) is 2.70. The van der Waals surface area contributed by atoms with Gasteiger partial charge < -0.3 is 19.7 Å². The summed E-state index contributed by atoms with van der Waals surface area (Å²) in [6.45, 7) is 2.33. The molecule has 0 saturated carbocycles. The smallest absolute Gasteiger partial charge is 0.244 e. The number of amides is 2. The molecule has 1 N–H and O–H groups in total. The summed E-state index contributed by atoms with van der Waals surface area (Å²) >= 11 is 12.0. The molecule has 2 amide bonds. The summed E-state index contributed by atoms with van der Waals surface area (Å²) in [6, 6.07) is 10.1. The van der Waals surface area contributed by atoms with Crippen LogP contribution in [0.15, 0.2) is 36.4 Å². The molecule has 0 atom stereocenters. The van der Waals surface area contributed by atoms with E-state index in [4.69, 9.17) is 32.7 Å². The van der Waals surface area contributed by atoms with E-state index in [1.54, 1.807) is 43.5 Å². The van der Waals surface area contributed by atoms with Gasteiger partial charge in [0.25, 0.3) is 0 Å². The number of methoxy groups -OCH3 is 2. The normalized spacial score (nSPS) is 10.4. The van der Waals surface area contributed by atoms with E-state index in [1.807, 2.05) is 6.92 Å². The molecular formula is C21H24Cl2N2O4. The number of hydrogen-bond acceptors (Lipinski definition) is 4. The minimum absolute atomic E-state index is 0.0806. The molecular weight excluding hydrogens is 415 g/mol. The monoisotopic (exact) mass is 438 g/mol. The van der Waals surface area contributed by atoms with Crippen molar-refractivity contribution in [2.24, 2.45) is 0 Å². The van der Waals surface area contributed by atoms with Gasteiger partial charge in [0.1, 0.15) is 0 Å². The van der Waals surface area contributed by atoms with Gasteiger partial charge in [0.05, 0.1) is 37.9 Å². The standard InChI is InChI=1S/C21H24Cl2N2O4/c1-4-9-25(13-20(26)24-17-12-15(22)6-7-16(17)23)21(27)11-14-5-8-18(28-2)19(10-14)29-3/h5-8,10,12H,4,9,11,13H2,1-3H3,(H,24,26). The largest absolute Gasteiger partial charge is 0.493 e. The lowest BCUT2D eigenvalue weighted by atomic mass is 10.1. The minimum atomic E-state index is -0.344. The highest BCUT2D eigenvalue weighted by molar-refractivity contribution is 6.35. The topological polar surface area (TPSA) is 67.9 Å². The van der Waals surface area contributed by atoms with Crippen LogP contribution in [0.5, 0.6) is 11.5 Å². The molecule has 156 valence electrons. The first-order chi connectivity index (χ1) is 13.9. The predicted molar refractivity (Wildman–Crippen MR) is 115 cm³/mol. The van der Waals surface area contributed by atoms with Gasteiger partial charge in [-0.2, -0.15) is 0 Å². The summed E-state index contributed by atoms with van der Waals surface area (Å²) in [5, 5.41) is 3.54. The molecule has 2 aromatic carbocycles. The molecule has 6 nitrogen and oxygen atoms in total. The van der Waals surface area contributed by atoms with Crippen molar-refractivity contribution in [2.75, 3.05) is 32.6 Å². The molecule has 8 heteroatoms. The van der Waals surface area contributed by atoms with E-state index >= 15 is 0 Å². The van der Waals surface area contributed by atoms with Gasteiger partial charge in [0.2, 0.25) is 11.8 Å². The Morgan fingerprint density at radius 2 is 1.76 bits per heavy atom. The molecule has 0 unspecified atom stereocenters. The predicted octanol–water partition coefficient (Wildman–Crippen LogP) is 4.43. The Kier molecular flexibility index (Phi) is 8.61. The van der Waals surface area contributed by atoms with Crippen molar-refractivity contribution >= 4 is 40.7 Å². The summed E-state index contributed by atoms with van der Waals surface area (Å²) in [4.78, 5) is 26.8. The van der Waals surface area contributed by atoms with E-state index in [1.165, 1.54) is 12.0 Å². The highest BCUT2D eigenvalue weighted by Crippen LogP contribution is 2.28. The number of carbonyl (C=O) groups excluding carboxylic acids is 2. The number of ether oxygens (including phenoxy) is 2. The van der Waals surface area contributed by atoms with Gasteiger partial charge >= 0.3 is 0 Å². The van der Waals surface area contributed by atoms with Crippen LogP contribution < -0.4 is 14.8 Å². The van der Waals surface area contributed by atoms with Crippen LogP contribution in [0.4, 0.5) is 5.69 Å². The Bertz CT molecular complexity index is 874. The number of hydrogen-bond donors (Lipinski definition) is 1. The van der Waals surface area contributed by atoms with Gasteiger partial charge in [0, 0.05) is 11.6 Å². The summed E-state index contributed by atoms with van der Waals surface area (Å²) in [5.41, 5.74) is 1.18. The molecule has 0 fully saturated rings. The summed E-state index contributed by atoms with van der Waals surface area (Å²) in [5.74, 6) is 0.634. The number of nitrogens with zero attached hydrogens (tertiary/aromatic N) is 1. The molecule has 0 aliphatic rings. The maximum atomic E-state index is 12.8. The van der Waals surface area contributed by atoms with Crippen molar-refractivity contribution in [3.8, 4) is 11.5 Å². The van der Waals surface area contributed by atoms with Crippen LogP contribution in [0.2, 0.25) is 10.0 Å². The Labute approximate surface area is 180 Å². The lowest BCUT2D eigenvalue weighted by Crippen LogP contribution is -2.39. The molecule has 0 aliphatic carbocycles. The van der Waals surface area contributed by atoms with Crippen LogP contribution in [0.1, 0.15) is 18.9 Å².